The van der Waals surface area contributed by atoms with Crippen LogP contribution >= 0.6 is 10.8 Å². The molecule has 0 radical (unpaired) electrons. The molecule has 0 fully saturated rings. The van der Waals surface area contributed by atoms with E-state index in [1.54, 1.807) is 30.5 Å². The van der Waals surface area contributed by atoms with Crippen molar-refractivity contribution < 1.29 is 14.2 Å². The van der Waals surface area contributed by atoms with E-state index >= 15 is 0 Å². The summed E-state index contributed by atoms with van der Waals surface area (Å²) >= 11 is 0. The summed E-state index contributed by atoms with van der Waals surface area (Å²) < 4.78 is 26.9. The Labute approximate surface area is 185 Å². The summed E-state index contributed by atoms with van der Waals surface area (Å²) in [7, 11) is -3.57. The average Bonchev–Trinajstić information content (AvgIpc) is 2.78. The molecule has 8 nitrogen and oxygen atoms in total. The summed E-state index contributed by atoms with van der Waals surface area (Å²) in [6, 6.07) is 17.8. The van der Waals surface area contributed by atoms with Crippen molar-refractivity contribution in [2.45, 2.75) is 18.4 Å². The van der Waals surface area contributed by atoms with Gasteiger partial charge in [0, 0.05) is 6.20 Å². The van der Waals surface area contributed by atoms with Crippen LogP contribution in [0.2, 0.25) is 0 Å². The van der Waals surface area contributed by atoms with Gasteiger partial charge in [0.2, 0.25) is 0 Å². The number of nitrogens with one attached hydrogen (secondary N) is 1. The minimum absolute atomic E-state index is 0.0955. The highest BCUT2D eigenvalue weighted by molar-refractivity contribution is 8.23. The Hall–Kier alpha value is -3.66. The van der Waals surface area contributed by atoms with Crippen LogP contribution < -0.4 is 10.9 Å². The van der Waals surface area contributed by atoms with E-state index in [9.17, 15) is 19.0 Å². The molecule has 4 N–H and O–H groups in total. The molecular weight excluding hydrogens is 428 g/mol. The molecule has 3 heterocycles. The molecule has 9 heteroatoms. The molecule has 0 bridgehead atoms. The summed E-state index contributed by atoms with van der Waals surface area (Å²) in [6.45, 7) is 2.03. The van der Waals surface area contributed by atoms with Crippen molar-refractivity contribution in [3.63, 3.8) is 0 Å². The van der Waals surface area contributed by atoms with Gasteiger partial charge in [-0.3, -0.25) is 18.5 Å². The van der Waals surface area contributed by atoms with E-state index in [1.165, 1.54) is 4.57 Å². The van der Waals surface area contributed by atoms with Crippen molar-refractivity contribution in [3.8, 4) is 5.75 Å². The van der Waals surface area contributed by atoms with Gasteiger partial charge in [-0.1, -0.05) is 53.2 Å². The molecule has 0 amide bonds. The first-order valence-corrected chi connectivity index (χ1v) is 11.4. The Morgan fingerprint density at radius 2 is 1.81 bits per heavy atom. The van der Waals surface area contributed by atoms with Crippen molar-refractivity contribution in [2.75, 3.05) is 5.32 Å². The number of fused-ring (bicyclic) bond motifs is 2. The van der Waals surface area contributed by atoms with Crippen LogP contribution in [0.25, 0.3) is 11.0 Å². The maximum absolute atomic E-state index is 13.6. The molecule has 0 saturated heterocycles. The van der Waals surface area contributed by atoms with Crippen LogP contribution in [0.5, 0.6) is 5.75 Å². The van der Waals surface area contributed by atoms with E-state index in [0.717, 1.165) is 11.1 Å². The number of anilines is 1. The smallest absolute Gasteiger partial charge is 0.267 e. The Bertz CT molecular complexity index is 1450. The van der Waals surface area contributed by atoms with Crippen molar-refractivity contribution in [1.82, 2.24) is 9.55 Å². The number of aromatic nitrogens is 2. The Kier molecular flexibility index (Phi) is 4.74. The van der Waals surface area contributed by atoms with Gasteiger partial charge in [0.25, 0.3) is 5.56 Å². The van der Waals surface area contributed by atoms with Gasteiger partial charge in [0.05, 0.1) is 17.6 Å². The predicted octanol–water partition coefficient (Wildman–Crippen LogP) is 4.36. The summed E-state index contributed by atoms with van der Waals surface area (Å²) in [5, 5.41) is 14.4. The monoisotopic (exact) mass is 448 g/mol. The molecule has 0 saturated carbocycles. The highest BCUT2D eigenvalue weighted by Gasteiger charge is 2.31. The fourth-order valence-electron chi connectivity index (χ4n) is 3.85. The van der Waals surface area contributed by atoms with E-state index in [4.69, 9.17) is 0 Å². The third-order valence-corrected chi connectivity index (χ3v) is 6.77. The molecule has 5 rings (SSSR count). The molecule has 0 unspecified atom stereocenters. The second-order valence-electron chi connectivity index (χ2n) is 7.51. The van der Waals surface area contributed by atoms with Gasteiger partial charge in [0.15, 0.2) is 5.84 Å². The number of para-hydroxylation sites is 1. The van der Waals surface area contributed by atoms with E-state index in [-0.39, 0.29) is 28.6 Å². The number of nitrogens with zero attached hydrogens (tertiary/aromatic N) is 3. The first kappa shape index (κ1) is 20.3. The van der Waals surface area contributed by atoms with Crippen LogP contribution in [-0.4, -0.2) is 29.6 Å². The standard InChI is InChI=1S/C23H20N4O4S/c1-14-7-5-11-17-19(14)25-21(26-32(17,30)31)18-20(28)16-10-6-12-24-22(16)27(23(18)29)13-15-8-3-2-4-9-15/h2-12,28,30-31H,13H2,1H3,(H,25,26). The Morgan fingerprint density at radius 1 is 1.03 bits per heavy atom. The summed E-state index contributed by atoms with van der Waals surface area (Å²) in [5.74, 6) is -0.414. The van der Waals surface area contributed by atoms with Crippen LogP contribution in [0.1, 0.15) is 16.7 Å². The number of pyridine rings is 2. The van der Waals surface area contributed by atoms with Gasteiger partial charge in [-0.15, -0.1) is 4.40 Å². The highest BCUT2D eigenvalue weighted by atomic mass is 32.3. The van der Waals surface area contributed by atoms with Crippen molar-refractivity contribution in [2.24, 2.45) is 4.40 Å². The molecule has 162 valence electrons. The zero-order chi connectivity index (χ0) is 22.5. The fraction of sp³-hybridized carbons (Fsp3) is 0.0870. The minimum atomic E-state index is -3.57. The van der Waals surface area contributed by atoms with Crippen LogP contribution in [-0.2, 0) is 6.54 Å². The number of hydrogen-bond acceptors (Lipinski definition) is 7. The van der Waals surface area contributed by atoms with Gasteiger partial charge in [-0.2, -0.15) is 0 Å². The number of rotatable bonds is 3. The van der Waals surface area contributed by atoms with Gasteiger partial charge < -0.3 is 10.4 Å². The molecule has 2 aromatic heterocycles. The largest absolute Gasteiger partial charge is 0.506 e. The Morgan fingerprint density at radius 3 is 2.59 bits per heavy atom. The molecule has 1 aliphatic rings. The summed E-state index contributed by atoms with van der Waals surface area (Å²) in [6.07, 6.45) is 1.55. The first-order chi connectivity index (χ1) is 15.4. The van der Waals surface area contributed by atoms with Crippen LogP contribution in [0.3, 0.4) is 0 Å². The van der Waals surface area contributed by atoms with Crippen molar-refractivity contribution >= 4 is 33.3 Å². The lowest BCUT2D eigenvalue weighted by molar-refractivity contribution is 0.477. The van der Waals surface area contributed by atoms with Gasteiger partial charge in [-0.25, -0.2) is 4.98 Å². The maximum Gasteiger partial charge on any atom is 0.267 e. The lowest BCUT2D eigenvalue weighted by Gasteiger charge is -2.35. The molecule has 4 aromatic rings. The SMILES string of the molecule is Cc1cccc2c1NC(c1c(O)c3cccnc3n(Cc3ccccc3)c1=O)=NS2(O)O. The highest BCUT2D eigenvalue weighted by Crippen LogP contribution is 2.56. The molecule has 1 aliphatic heterocycles. The van der Waals surface area contributed by atoms with Gasteiger partial charge in [0.1, 0.15) is 21.9 Å². The maximum atomic E-state index is 13.6. The lowest BCUT2D eigenvalue weighted by atomic mass is 10.1. The summed E-state index contributed by atoms with van der Waals surface area (Å²) in [5.41, 5.74) is 1.72. The fourth-order valence-corrected chi connectivity index (χ4v) is 5.08. The summed E-state index contributed by atoms with van der Waals surface area (Å²) in [4.78, 5) is 18.2. The first-order valence-electron chi connectivity index (χ1n) is 9.86. The van der Waals surface area contributed by atoms with E-state index in [2.05, 4.69) is 14.7 Å². The zero-order valence-electron chi connectivity index (χ0n) is 17.1. The van der Waals surface area contributed by atoms with Gasteiger partial charge in [-0.05, 0) is 36.2 Å². The van der Waals surface area contributed by atoms with Gasteiger partial charge >= 0.3 is 0 Å². The number of amidine groups is 1. The third kappa shape index (κ3) is 3.23. The molecule has 0 spiro atoms. The molecule has 0 aliphatic carbocycles. The van der Waals surface area contributed by atoms with Crippen LogP contribution in [0.15, 0.2) is 80.9 Å². The third-order valence-electron chi connectivity index (χ3n) is 5.41. The second kappa shape index (κ2) is 7.49. The molecule has 2 aromatic carbocycles. The predicted molar refractivity (Wildman–Crippen MR) is 126 cm³/mol. The van der Waals surface area contributed by atoms with Crippen molar-refractivity contribution in [3.05, 3.63) is 93.9 Å². The van der Waals surface area contributed by atoms with Crippen LogP contribution in [0, 0.1) is 6.92 Å². The number of aromatic hydroxyl groups is 1. The number of hydrogen-bond donors (Lipinski definition) is 4. The van der Waals surface area contributed by atoms with E-state index in [1.807, 2.05) is 43.3 Å². The molecule has 32 heavy (non-hydrogen) atoms. The normalized spacial score (nSPS) is 15.5. The second-order valence-corrected chi connectivity index (χ2v) is 9.17. The van der Waals surface area contributed by atoms with E-state index < -0.39 is 16.3 Å². The number of benzene rings is 2. The molecular formula is C23H20N4O4S. The zero-order valence-corrected chi connectivity index (χ0v) is 17.9. The lowest BCUT2D eigenvalue weighted by Crippen LogP contribution is -2.33. The van der Waals surface area contributed by atoms with Crippen LogP contribution in [0.4, 0.5) is 5.69 Å². The average molecular weight is 449 g/mol. The minimum Gasteiger partial charge on any atom is -0.506 e. The quantitative estimate of drug-likeness (QED) is 0.370. The topological polar surface area (TPSA) is 120 Å². The van der Waals surface area contributed by atoms with E-state index in [0.29, 0.717) is 16.7 Å². The Balaban J connectivity index is 1.76. The number of aryl methyl sites for hydroxylation is 1. The van der Waals surface area contributed by atoms with Crippen molar-refractivity contribution in [1.29, 1.82) is 0 Å². The molecule has 0 atom stereocenters.